The maximum Gasteiger partial charge on any atom is 0.261 e. The quantitative estimate of drug-likeness (QED) is 0.465. The number of fused-ring (bicyclic) bond motifs is 1. The molecule has 1 amide bonds. The summed E-state index contributed by atoms with van der Waals surface area (Å²) in [5, 5.41) is 0.743. The van der Waals surface area contributed by atoms with Gasteiger partial charge in [0.2, 0.25) is 0 Å². The minimum absolute atomic E-state index is 0.00123. The Morgan fingerprint density at radius 1 is 1.28 bits per heavy atom. The summed E-state index contributed by atoms with van der Waals surface area (Å²) in [7, 11) is 0. The summed E-state index contributed by atoms with van der Waals surface area (Å²) in [6, 6.07) is 13.8. The van der Waals surface area contributed by atoms with Crippen molar-refractivity contribution >= 4 is 60.3 Å². The molecule has 1 aliphatic rings. The second kappa shape index (κ2) is 9.57. The van der Waals surface area contributed by atoms with Gasteiger partial charge in [-0.3, -0.25) is 14.6 Å². The summed E-state index contributed by atoms with van der Waals surface area (Å²) in [6.07, 6.45) is 2.00. The average Bonchev–Trinajstić information content (AvgIpc) is 3.17. The molecule has 29 heavy (non-hydrogen) atoms. The normalized spacial score (nSPS) is 15.0. The Hall–Kier alpha value is -1.45. The zero-order chi connectivity index (χ0) is 20.2. The predicted octanol–water partition coefficient (Wildman–Crippen LogP) is 4.76. The number of halogens is 1. The van der Waals surface area contributed by atoms with Crippen molar-refractivity contribution in [2.45, 2.75) is 4.90 Å². The molecule has 1 fully saturated rings. The molecular formula is C21H22BrN3O2S2. The van der Waals surface area contributed by atoms with Gasteiger partial charge in [0.15, 0.2) is 5.13 Å². The monoisotopic (exact) mass is 491 g/mol. The van der Waals surface area contributed by atoms with Crippen LogP contribution in [0.25, 0.3) is 10.2 Å². The Bertz CT molecular complexity index is 1000. The minimum atomic E-state index is 0.00123. The van der Waals surface area contributed by atoms with Gasteiger partial charge in [-0.25, -0.2) is 4.98 Å². The highest BCUT2D eigenvalue weighted by atomic mass is 79.9. The molecule has 0 spiro atoms. The Morgan fingerprint density at radius 3 is 2.86 bits per heavy atom. The molecule has 8 heteroatoms. The first-order valence-electron chi connectivity index (χ1n) is 9.47. The Kier molecular flexibility index (Phi) is 6.87. The fraction of sp³-hybridized carbons (Fsp3) is 0.333. The molecule has 0 bridgehead atoms. The van der Waals surface area contributed by atoms with E-state index < -0.39 is 0 Å². The van der Waals surface area contributed by atoms with E-state index in [1.807, 2.05) is 47.6 Å². The van der Waals surface area contributed by atoms with E-state index in [-0.39, 0.29) is 5.91 Å². The molecule has 1 saturated heterocycles. The first-order chi connectivity index (χ1) is 14.2. The summed E-state index contributed by atoms with van der Waals surface area (Å²) in [6.45, 7) is 4.70. The highest BCUT2D eigenvalue weighted by Crippen LogP contribution is 2.32. The summed E-state index contributed by atoms with van der Waals surface area (Å²) in [4.78, 5) is 23.5. The molecule has 0 radical (unpaired) electrons. The van der Waals surface area contributed by atoms with Crippen LogP contribution in [0, 0.1) is 0 Å². The van der Waals surface area contributed by atoms with Crippen molar-refractivity contribution in [2.75, 3.05) is 50.5 Å². The molecule has 4 rings (SSSR count). The molecule has 0 saturated carbocycles. The van der Waals surface area contributed by atoms with E-state index in [9.17, 15) is 4.79 Å². The molecule has 2 heterocycles. The van der Waals surface area contributed by atoms with Crippen LogP contribution in [0.3, 0.4) is 0 Å². The number of hydrogen-bond donors (Lipinski definition) is 0. The molecular weight excluding hydrogens is 470 g/mol. The number of thiazole rings is 1. The van der Waals surface area contributed by atoms with Crippen LogP contribution < -0.4 is 4.90 Å². The summed E-state index contributed by atoms with van der Waals surface area (Å²) in [5.74, 6) is 0.00123. The maximum atomic E-state index is 13.6. The first kappa shape index (κ1) is 20.8. The standard InChI is InChI=1S/C21H22BrN3O2S2/c1-28-18-5-3-2-4-16(18)20(26)25(9-8-24-10-12-27-13-11-24)21-23-17-7-6-15(22)14-19(17)29-21/h2-7,14H,8-13H2,1H3. The van der Waals surface area contributed by atoms with E-state index in [2.05, 4.69) is 26.9 Å². The van der Waals surface area contributed by atoms with Gasteiger partial charge in [-0.1, -0.05) is 39.4 Å². The molecule has 152 valence electrons. The summed E-state index contributed by atoms with van der Waals surface area (Å²) >= 11 is 6.67. The number of ether oxygens (including phenoxy) is 1. The first-order valence-corrected chi connectivity index (χ1v) is 12.3. The number of aromatic nitrogens is 1. The van der Waals surface area contributed by atoms with Crippen LogP contribution >= 0.6 is 39.0 Å². The van der Waals surface area contributed by atoms with Crippen LogP contribution in [0.5, 0.6) is 0 Å². The van der Waals surface area contributed by atoms with E-state index in [1.54, 1.807) is 23.1 Å². The molecule has 0 atom stereocenters. The van der Waals surface area contributed by atoms with Gasteiger partial charge in [-0.2, -0.15) is 0 Å². The number of nitrogens with zero attached hydrogens (tertiary/aromatic N) is 3. The van der Waals surface area contributed by atoms with Crippen molar-refractivity contribution < 1.29 is 9.53 Å². The van der Waals surface area contributed by atoms with Gasteiger partial charge in [0.25, 0.3) is 5.91 Å². The molecule has 5 nitrogen and oxygen atoms in total. The fourth-order valence-corrected chi connectivity index (χ4v) is 5.45. The Balaban J connectivity index is 1.66. The van der Waals surface area contributed by atoms with E-state index in [4.69, 9.17) is 9.72 Å². The van der Waals surface area contributed by atoms with Gasteiger partial charge in [-0.05, 0) is 36.6 Å². The number of carbonyl (C=O) groups is 1. The van der Waals surface area contributed by atoms with Crippen LogP contribution in [0.2, 0.25) is 0 Å². The van der Waals surface area contributed by atoms with Gasteiger partial charge in [0.05, 0.1) is 29.0 Å². The third-order valence-electron chi connectivity index (χ3n) is 4.90. The number of morpholine rings is 1. The van der Waals surface area contributed by atoms with E-state index in [0.717, 1.165) is 63.1 Å². The van der Waals surface area contributed by atoms with Gasteiger partial charge >= 0.3 is 0 Å². The third kappa shape index (κ3) is 4.83. The largest absolute Gasteiger partial charge is 0.379 e. The molecule has 2 aromatic carbocycles. The van der Waals surface area contributed by atoms with Crippen LogP contribution in [0.1, 0.15) is 10.4 Å². The SMILES string of the molecule is CSc1ccccc1C(=O)N(CCN1CCOCC1)c1nc2ccc(Br)cc2s1. The van der Waals surface area contributed by atoms with Crippen molar-refractivity contribution in [3.63, 3.8) is 0 Å². The van der Waals surface area contributed by atoms with E-state index >= 15 is 0 Å². The van der Waals surface area contributed by atoms with Crippen molar-refractivity contribution in [3.8, 4) is 0 Å². The number of anilines is 1. The predicted molar refractivity (Wildman–Crippen MR) is 124 cm³/mol. The zero-order valence-corrected chi connectivity index (χ0v) is 19.4. The van der Waals surface area contributed by atoms with Crippen molar-refractivity contribution in [1.29, 1.82) is 0 Å². The van der Waals surface area contributed by atoms with Crippen molar-refractivity contribution in [3.05, 3.63) is 52.5 Å². The van der Waals surface area contributed by atoms with Gasteiger partial charge in [0.1, 0.15) is 0 Å². The average molecular weight is 492 g/mol. The molecule has 0 unspecified atom stereocenters. The van der Waals surface area contributed by atoms with Gasteiger partial charge < -0.3 is 4.74 Å². The minimum Gasteiger partial charge on any atom is -0.379 e. The molecule has 1 aromatic heterocycles. The molecule has 0 aliphatic carbocycles. The highest BCUT2D eigenvalue weighted by Gasteiger charge is 2.24. The van der Waals surface area contributed by atoms with E-state index in [1.165, 1.54) is 0 Å². The summed E-state index contributed by atoms with van der Waals surface area (Å²) in [5.41, 5.74) is 1.64. The van der Waals surface area contributed by atoms with Crippen LogP contribution in [0.15, 0.2) is 51.8 Å². The molecule has 3 aromatic rings. The number of thioether (sulfide) groups is 1. The smallest absolute Gasteiger partial charge is 0.261 e. The number of hydrogen-bond acceptors (Lipinski definition) is 6. The summed E-state index contributed by atoms with van der Waals surface area (Å²) < 4.78 is 7.53. The van der Waals surface area contributed by atoms with Gasteiger partial charge in [-0.15, -0.1) is 11.8 Å². The zero-order valence-electron chi connectivity index (χ0n) is 16.1. The van der Waals surface area contributed by atoms with Gasteiger partial charge in [0, 0.05) is 35.5 Å². The number of rotatable bonds is 6. The van der Waals surface area contributed by atoms with Crippen molar-refractivity contribution in [1.82, 2.24) is 9.88 Å². The lowest BCUT2D eigenvalue weighted by Crippen LogP contribution is -2.43. The lowest BCUT2D eigenvalue weighted by Gasteiger charge is -2.29. The second-order valence-electron chi connectivity index (χ2n) is 6.72. The van der Waals surface area contributed by atoms with E-state index in [0.29, 0.717) is 6.54 Å². The second-order valence-corrected chi connectivity index (χ2v) is 9.49. The number of benzene rings is 2. The Morgan fingerprint density at radius 2 is 2.07 bits per heavy atom. The molecule has 1 aliphatic heterocycles. The number of carbonyl (C=O) groups excluding carboxylic acids is 1. The highest BCUT2D eigenvalue weighted by molar-refractivity contribution is 9.10. The lowest BCUT2D eigenvalue weighted by molar-refractivity contribution is 0.0391. The maximum absolute atomic E-state index is 13.6. The fourth-order valence-electron chi connectivity index (χ4n) is 3.32. The molecule has 0 N–H and O–H groups in total. The number of amides is 1. The van der Waals surface area contributed by atoms with Crippen molar-refractivity contribution in [2.24, 2.45) is 0 Å². The van der Waals surface area contributed by atoms with Crippen LogP contribution in [0.4, 0.5) is 5.13 Å². The van der Waals surface area contributed by atoms with Crippen LogP contribution in [-0.2, 0) is 4.74 Å². The van der Waals surface area contributed by atoms with Crippen LogP contribution in [-0.4, -0.2) is 61.4 Å². The topological polar surface area (TPSA) is 45.7 Å². The Labute approximate surface area is 187 Å². The lowest BCUT2D eigenvalue weighted by atomic mass is 10.2. The third-order valence-corrected chi connectivity index (χ3v) is 7.23.